The Morgan fingerprint density at radius 2 is 1.65 bits per heavy atom. The minimum absolute atomic E-state index is 0.725. The van der Waals surface area contributed by atoms with E-state index in [1.54, 1.807) is 0 Å². The number of thiol groups is 1. The molecule has 0 fully saturated rings. The first kappa shape index (κ1) is 13.3. The third kappa shape index (κ3) is 2.60. The summed E-state index contributed by atoms with van der Waals surface area (Å²) >= 11 is 10.2. The average Bonchev–Trinajstić information content (AvgIpc) is 2.82. The van der Waals surface area contributed by atoms with Crippen LogP contribution in [-0.2, 0) is 0 Å². The van der Waals surface area contributed by atoms with E-state index in [0.29, 0.717) is 0 Å². The van der Waals surface area contributed by atoms with Gasteiger partial charge in [0.1, 0.15) is 0 Å². The molecule has 0 amide bonds. The number of halogens is 1. The van der Waals surface area contributed by atoms with Gasteiger partial charge < -0.3 is 0 Å². The van der Waals surface area contributed by atoms with Crippen molar-refractivity contribution in [3.05, 3.63) is 65.3 Å². The molecule has 0 radical (unpaired) electrons. The van der Waals surface area contributed by atoms with E-state index in [9.17, 15) is 0 Å². The monoisotopic (exact) mass is 300 g/mol. The zero-order valence-electron chi connectivity index (χ0n) is 10.9. The minimum Gasteiger partial charge on any atom is -0.237 e. The Morgan fingerprint density at radius 3 is 2.30 bits per heavy atom. The molecule has 0 bridgehead atoms. The van der Waals surface area contributed by atoms with Crippen LogP contribution in [-0.4, -0.2) is 9.78 Å². The Balaban J connectivity index is 2.02. The number of aromatic nitrogens is 2. The van der Waals surface area contributed by atoms with Gasteiger partial charge in [-0.15, -0.1) is 12.6 Å². The lowest BCUT2D eigenvalue weighted by atomic mass is 10.1. The van der Waals surface area contributed by atoms with E-state index in [2.05, 4.69) is 23.8 Å². The van der Waals surface area contributed by atoms with Crippen molar-refractivity contribution in [3.63, 3.8) is 0 Å². The first-order valence-corrected chi connectivity index (χ1v) is 7.08. The number of aryl methyl sites for hydroxylation is 1. The molecule has 0 aliphatic rings. The summed E-state index contributed by atoms with van der Waals surface area (Å²) in [6, 6.07) is 17.7. The maximum Gasteiger partial charge on any atom is 0.0930 e. The largest absolute Gasteiger partial charge is 0.237 e. The molecule has 0 saturated carbocycles. The second kappa shape index (κ2) is 5.35. The molecule has 3 aromatic rings. The first-order valence-electron chi connectivity index (χ1n) is 6.25. The fourth-order valence-corrected chi connectivity index (χ4v) is 2.37. The van der Waals surface area contributed by atoms with E-state index < -0.39 is 0 Å². The molecule has 1 heterocycles. The molecule has 4 heteroatoms. The first-order chi connectivity index (χ1) is 9.63. The molecule has 2 aromatic carbocycles. The van der Waals surface area contributed by atoms with Crippen molar-refractivity contribution < 1.29 is 0 Å². The Kier molecular flexibility index (Phi) is 3.55. The zero-order valence-corrected chi connectivity index (χ0v) is 12.6. The molecule has 2 nitrogen and oxygen atoms in total. The van der Waals surface area contributed by atoms with Crippen LogP contribution in [0.15, 0.2) is 59.5 Å². The lowest BCUT2D eigenvalue weighted by Gasteiger charge is -2.03. The summed E-state index contributed by atoms with van der Waals surface area (Å²) in [5.74, 6) is 0. The SMILES string of the molecule is Cc1cc(-c2ccc(S)cc2)nn1-c1ccc(Cl)cc1. The van der Waals surface area contributed by atoms with Gasteiger partial charge in [0.25, 0.3) is 0 Å². The van der Waals surface area contributed by atoms with Crippen molar-refractivity contribution in [1.82, 2.24) is 9.78 Å². The molecule has 0 unspecified atom stereocenters. The predicted molar refractivity (Wildman–Crippen MR) is 86.0 cm³/mol. The molecule has 3 rings (SSSR count). The third-order valence-corrected chi connectivity index (χ3v) is 3.67. The Bertz CT molecular complexity index is 730. The maximum absolute atomic E-state index is 5.92. The summed E-state index contributed by atoms with van der Waals surface area (Å²) in [6.07, 6.45) is 0. The van der Waals surface area contributed by atoms with E-state index in [-0.39, 0.29) is 0 Å². The summed E-state index contributed by atoms with van der Waals surface area (Å²) in [4.78, 5) is 0.947. The third-order valence-electron chi connectivity index (χ3n) is 3.12. The van der Waals surface area contributed by atoms with Crippen LogP contribution in [0.25, 0.3) is 16.9 Å². The molecular weight excluding hydrogens is 288 g/mol. The van der Waals surface area contributed by atoms with Crippen molar-refractivity contribution in [3.8, 4) is 16.9 Å². The normalized spacial score (nSPS) is 10.8. The van der Waals surface area contributed by atoms with E-state index in [1.807, 2.05) is 60.1 Å². The topological polar surface area (TPSA) is 17.8 Å². The minimum atomic E-state index is 0.725. The van der Waals surface area contributed by atoms with E-state index in [0.717, 1.165) is 32.6 Å². The molecule has 20 heavy (non-hydrogen) atoms. The van der Waals surface area contributed by atoms with Crippen LogP contribution in [0, 0.1) is 6.92 Å². The highest BCUT2D eigenvalue weighted by Gasteiger charge is 2.08. The highest BCUT2D eigenvalue weighted by Crippen LogP contribution is 2.23. The summed E-state index contributed by atoms with van der Waals surface area (Å²) in [6.45, 7) is 2.04. The maximum atomic E-state index is 5.92. The fraction of sp³-hybridized carbons (Fsp3) is 0.0625. The van der Waals surface area contributed by atoms with Crippen LogP contribution in [0.2, 0.25) is 5.02 Å². The van der Waals surface area contributed by atoms with Crippen LogP contribution in [0.5, 0.6) is 0 Å². The van der Waals surface area contributed by atoms with Gasteiger partial charge >= 0.3 is 0 Å². The molecule has 0 aliphatic heterocycles. The lowest BCUT2D eigenvalue weighted by molar-refractivity contribution is 0.850. The van der Waals surface area contributed by atoms with Crippen LogP contribution >= 0.6 is 24.2 Å². The zero-order chi connectivity index (χ0) is 14.1. The Hall–Kier alpha value is -1.71. The van der Waals surface area contributed by atoms with Gasteiger partial charge in [0.05, 0.1) is 11.4 Å². The molecule has 0 N–H and O–H groups in total. The van der Waals surface area contributed by atoms with Crippen LogP contribution in [0.4, 0.5) is 0 Å². The smallest absolute Gasteiger partial charge is 0.0930 e. The van der Waals surface area contributed by atoms with Crippen LogP contribution < -0.4 is 0 Å². The molecular formula is C16H13ClN2S. The van der Waals surface area contributed by atoms with E-state index in [1.165, 1.54) is 0 Å². The number of nitrogens with zero attached hydrogens (tertiary/aromatic N) is 2. The van der Waals surface area contributed by atoms with Gasteiger partial charge in [-0.05, 0) is 49.4 Å². The Labute approximate surface area is 128 Å². The second-order valence-corrected chi connectivity index (χ2v) is 5.56. The fourth-order valence-electron chi connectivity index (χ4n) is 2.09. The standard InChI is InChI=1S/C16H13ClN2S/c1-11-10-16(12-2-8-15(20)9-3-12)18-19(11)14-6-4-13(17)5-7-14/h2-10,20H,1H3. The number of hydrogen-bond acceptors (Lipinski definition) is 2. The molecule has 0 atom stereocenters. The van der Waals surface area contributed by atoms with Gasteiger partial charge in [-0.3, -0.25) is 0 Å². The van der Waals surface area contributed by atoms with Crippen molar-refractivity contribution in [2.75, 3.05) is 0 Å². The van der Waals surface area contributed by atoms with Crippen molar-refractivity contribution in [1.29, 1.82) is 0 Å². The van der Waals surface area contributed by atoms with Crippen molar-refractivity contribution in [2.24, 2.45) is 0 Å². The van der Waals surface area contributed by atoms with E-state index >= 15 is 0 Å². The molecule has 0 spiro atoms. The van der Waals surface area contributed by atoms with E-state index in [4.69, 9.17) is 11.6 Å². The van der Waals surface area contributed by atoms with Gasteiger partial charge in [-0.25, -0.2) is 4.68 Å². The van der Waals surface area contributed by atoms with Crippen molar-refractivity contribution >= 4 is 24.2 Å². The van der Waals surface area contributed by atoms with Gasteiger partial charge in [-0.1, -0.05) is 23.7 Å². The summed E-state index contributed by atoms with van der Waals surface area (Å²) < 4.78 is 1.92. The molecule has 0 saturated heterocycles. The van der Waals surface area contributed by atoms with Gasteiger partial charge in [0.2, 0.25) is 0 Å². The molecule has 100 valence electrons. The van der Waals surface area contributed by atoms with Gasteiger partial charge in [0, 0.05) is 21.2 Å². The predicted octanol–water partition coefficient (Wildman–Crippen LogP) is 4.79. The highest BCUT2D eigenvalue weighted by molar-refractivity contribution is 7.80. The Morgan fingerprint density at radius 1 is 1.00 bits per heavy atom. The lowest BCUT2D eigenvalue weighted by Crippen LogP contribution is -1.98. The average molecular weight is 301 g/mol. The van der Waals surface area contributed by atoms with Gasteiger partial charge in [0.15, 0.2) is 0 Å². The van der Waals surface area contributed by atoms with Gasteiger partial charge in [-0.2, -0.15) is 5.10 Å². The summed E-state index contributed by atoms with van der Waals surface area (Å²) in [7, 11) is 0. The quantitative estimate of drug-likeness (QED) is 0.674. The van der Waals surface area contributed by atoms with Crippen molar-refractivity contribution in [2.45, 2.75) is 11.8 Å². The highest BCUT2D eigenvalue weighted by atomic mass is 35.5. The molecule has 0 aliphatic carbocycles. The summed E-state index contributed by atoms with van der Waals surface area (Å²) in [5.41, 5.74) is 4.12. The number of hydrogen-bond donors (Lipinski definition) is 1. The van der Waals surface area contributed by atoms with Crippen LogP contribution in [0.3, 0.4) is 0 Å². The van der Waals surface area contributed by atoms with Crippen LogP contribution in [0.1, 0.15) is 5.69 Å². The number of rotatable bonds is 2. The summed E-state index contributed by atoms with van der Waals surface area (Å²) in [5, 5.41) is 5.38. The molecule has 1 aromatic heterocycles. The second-order valence-electron chi connectivity index (χ2n) is 4.61. The number of benzene rings is 2.